The van der Waals surface area contributed by atoms with Gasteiger partial charge in [-0.1, -0.05) is 45.8 Å². The molecule has 0 spiro atoms. The van der Waals surface area contributed by atoms with Crippen molar-refractivity contribution in [2.24, 2.45) is 0 Å². The molecule has 134 valence electrons. The van der Waals surface area contributed by atoms with Gasteiger partial charge in [0.05, 0.1) is 6.04 Å². The van der Waals surface area contributed by atoms with Crippen LogP contribution in [0.2, 0.25) is 0 Å². The van der Waals surface area contributed by atoms with E-state index in [0.29, 0.717) is 24.6 Å². The lowest BCUT2D eigenvalue weighted by Crippen LogP contribution is -2.26. The predicted octanol–water partition coefficient (Wildman–Crippen LogP) is 4.62. The number of hydrogen-bond donors (Lipinski definition) is 1. The molecule has 0 saturated carbocycles. The van der Waals surface area contributed by atoms with E-state index in [4.69, 9.17) is 4.42 Å². The van der Waals surface area contributed by atoms with Crippen LogP contribution in [0.1, 0.15) is 36.4 Å². The minimum atomic E-state index is -0.0543. The summed E-state index contributed by atoms with van der Waals surface area (Å²) in [7, 11) is 0. The Kier molecular flexibility index (Phi) is 5.83. The van der Waals surface area contributed by atoms with Gasteiger partial charge in [0.15, 0.2) is 0 Å². The zero-order valence-electron chi connectivity index (χ0n) is 14.7. The van der Waals surface area contributed by atoms with Crippen molar-refractivity contribution < 1.29 is 9.21 Å². The fourth-order valence-electron chi connectivity index (χ4n) is 2.54. The molecule has 5 nitrogen and oxygen atoms in total. The maximum absolute atomic E-state index is 12.2. The number of aryl methyl sites for hydroxylation is 2. The monoisotopic (exact) mass is 413 g/mol. The van der Waals surface area contributed by atoms with Crippen molar-refractivity contribution in [1.82, 2.24) is 15.5 Å². The highest BCUT2D eigenvalue weighted by atomic mass is 79.9. The summed E-state index contributed by atoms with van der Waals surface area (Å²) in [6.45, 7) is 3.99. The molecule has 1 heterocycles. The molecule has 0 aliphatic rings. The minimum Gasteiger partial charge on any atom is -0.421 e. The Morgan fingerprint density at radius 3 is 2.50 bits per heavy atom. The molecule has 1 amide bonds. The maximum Gasteiger partial charge on any atom is 0.247 e. The summed E-state index contributed by atoms with van der Waals surface area (Å²) in [5.41, 5.74) is 3.11. The zero-order valence-corrected chi connectivity index (χ0v) is 16.3. The average Bonchev–Trinajstić information content (AvgIpc) is 3.10. The van der Waals surface area contributed by atoms with Crippen molar-refractivity contribution in [3.63, 3.8) is 0 Å². The van der Waals surface area contributed by atoms with Gasteiger partial charge in [-0.15, -0.1) is 10.2 Å². The molecule has 0 saturated heterocycles. The molecule has 1 atom stereocenters. The summed E-state index contributed by atoms with van der Waals surface area (Å²) in [6.07, 6.45) is 0.716. The van der Waals surface area contributed by atoms with Crippen molar-refractivity contribution in [2.45, 2.75) is 32.7 Å². The number of nitrogens with one attached hydrogen (secondary N) is 1. The van der Waals surface area contributed by atoms with Crippen molar-refractivity contribution in [3.05, 3.63) is 70.0 Å². The molecule has 3 rings (SSSR count). The Morgan fingerprint density at radius 1 is 1.12 bits per heavy atom. The first-order valence-electron chi connectivity index (χ1n) is 8.45. The van der Waals surface area contributed by atoms with Crippen LogP contribution in [-0.4, -0.2) is 16.1 Å². The topological polar surface area (TPSA) is 68.0 Å². The molecule has 6 heteroatoms. The third-order valence-corrected chi connectivity index (χ3v) is 4.61. The summed E-state index contributed by atoms with van der Waals surface area (Å²) in [4.78, 5) is 12.2. The normalized spacial score (nSPS) is 12.0. The van der Waals surface area contributed by atoms with Crippen LogP contribution < -0.4 is 5.32 Å². The largest absolute Gasteiger partial charge is 0.421 e. The summed E-state index contributed by atoms with van der Waals surface area (Å²) in [5, 5.41) is 11.1. The second-order valence-electron chi connectivity index (χ2n) is 6.21. The van der Waals surface area contributed by atoms with Crippen LogP contribution in [0.25, 0.3) is 11.5 Å². The highest BCUT2D eigenvalue weighted by molar-refractivity contribution is 9.10. The SMILES string of the molecule is Cc1ccc(-c2nnc(CCC(=O)N[C@H](C)c3ccc(Br)cc3)o2)cc1. The highest BCUT2D eigenvalue weighted by Gasteiger charge is 2.13. The summed E-state index contributed by atoms with van der Waals surface area (Å²) >= 11 is 3.41. The van der Waals surface area contributed by atoms with Crippen molar-refractivity contribution in [3.8, 4) is 11.5 Å². The number of aromatic nitrogens is 2. The molecule has 0 radical (unpaired) electrons. The van der Waals surface area contributed by atoms with E-state index in [-0.39, 0.29) is 11.9 Å². The molecule has 0 aliphatic heterocycles. The van der Waals surface area contributed by atoms with Crippen LogP contribution >= 0.6 is 15.9 Å². The lowest BCUT2D eigenvalue weighted by molar-refractivity contribution is -0.121. The van der Waals surface area contributed by atoms with Gasteiger partial charge in [-0.3, -0.25) is 4.79 Å². The van der Waals surface area contributed by atoms with Crippen LogP contribution in [0.3, 0.4) is 0 Å². The molecule has 0 aliphatic carbocycles. The number of benzene rings is 2. The quantitative estimate of drug-likeness (QED) is 0.639. The van der Waals surface area contributed by atoms with Gasteiger partial charge < -0.3 is 9.73 Å². The molecule has 2 aromatic carbocycles. The van der Waals surface area contributed by atoms with Crippen molar-refractivity contribution in [1.29, 1.82) is 0 Å². The van der Waals surface area contributed by atoms with E-state index in [0.717, 1.165) is 15.6 Å². The number of hydrogen-bond acceptors (Lipinski definition) is 4. The average molecular weight is 414 g/mol. The molecule has 26 heavy (non-hydrogen) atoms. The molecule has 1 aromatic heterocycles. The Balaban J connectivity index is 1.53. The molecular weight excluding hydrogens is 394 g/mol. The fraction of sp³-hybridized carbons (Fsp3) is 0.250. The van der Waals surface area contributed by atoms with Crippen LogP contribution in [0.5, 0.6) is 0 Å². The van der Waals surface area contributed by atoms with Crippen LogP contribution in [0, 0.1) is 6.92 Å². The van der Waals surface area contributed by atoms with E-state index in [9.17, 15) is 4.79 Å². The second kappa shape index (κ2) is 8.27. The number of rotatable bonds is 6. The standard InChI is InChI=1S/C20H20BrN3O2/c1-13-3-5-16(6-4-13)20-24-23-19(26-20)12-11-18(25)22-14(2)15-7-9-17(21)10-8-15/h3-10,14H,11-12H2,1-2H3,(H,22,25)/t14-/m1/s1. The van der Waals surface area contributed by atoms with Crippen molar-refractivity contribution >= 4 is 21.8 Å². The molecule has 0 unspecified atom stereocenters. The number of carbonyl (C=O) groups excluding carboxylic acids is 1. The number of carbonyl (C=O) groups is 1. The van der Waals surface area contributed by atoms with Gasteiger partial charge in [0.1, 0.15) is 0 Å². The van der Waals surface area contributed by atoms with E-state index < -0.39 is 0 Å². The van der Waals surface area contributed by atoms with Crippen LogP contribution in [0.15, 0.2) is 57.4 Å². The Morgan fingerprint density at radius 2 is 1.81 bits per heavy atom. The molecule has 3 aromatic rings. The van der Waals surface area contributed by atoms with Gasteiger partial charge >= 0.3 is 0 Å². The lowest BCUT2D eigenvalue weighted by Gasteiger charge is -2.14. The summed E-state index contributed by atoms with van der Waals surface area (Å²) in [5.74, 6) is 0.895. The first-order valence-corrected chi connectivity index (χ1v) is 9.25. The van der Waals surface area contributed by atoms with Gasteiger partial charge in [0.2, 0.25) is 17.7 Å². The lowest BCUT2D eigenvalue weighted by atomic mass is 10.1. The number of amides is 1. The Hall–Kier alpha value is -2.47. The van der Waals surface area contributed by atoms with Gasteiger partial charge in [-0.25, -0.2) is 0 Å². The highest BCUT2D eigenvalue weighted by Crippen LogP contribution is 2.19. The van der Waals surface area contributed by atoms with Gasteiger partial charge in [0, 0.05) is 22.9 Å². The van der Waals surface area contributed by atoms with Gasteiger partial charge in [-0.05, 0) is 43.7 Å². The van der Waals surface area contributed by atoms with E-state index >= 15 is 0 Å². The fourth-order valence-corrected chi connectivity index (χ4v) is 2.80. The molecule has 1 N–H and O–H groups in total. The Bertz CT molecular complexity index is 873. The maximum atomic E-state index is 12.2. The third kappa shape index (κ3) is 4.79. The van der Waals surface area contributed by atoms with Crippen LogP contribution in [-0.2, 0) is 11.2 Å². The first kappa shape index (κ1) is 18.3. The van der Waals surface area contributed by atoms with E-state index in [1.807, 2.05) is 62.4 Å². The summed E-state index contributed by atoms with van der Waals surface area (Å²) < 4.78 is 6.67. The van der Waals surface area contributed by atoms with E-state index in [2.05, 4.69) is 31.4 Å². The van der Waals surface area contributed by atoms with Gasteiger partial charge in [0.25, 0.3) is 0 Å². The molecular formula is C20H20BrN3O2. The van der Waals surface area contributed by atoms with Gasteiger partial charge in [-0.2, -0.15) is 0 Å². The first-order chi connectivity index (χ1) is 12.5. The predicted molar refractivity (Wildman–Crippen MR) is 103 cm³/mol. The third-order valence-electron chi connectivity index (χ3n) is 4.08. The molecule has 0 bridgehead atoms. The summed E-state index contributed by atoms with van der Waals surface area (Å²) in [6, 6.07) is 15.7. The smallest absolute Gasteiger partial charge is 0.247 e. The number of nitrogens with zero attached hydrogens (tertiary/aromatic N) is 2. The van der Waals surface area contributed by atoms with E-state index in [1.165, 1.54) is 5.56 Å². The van der Waals surface area contributed by atoms with E-state index in [1.54, 1.807) is 0 Å². The van der Waals surface area contributed by atoms with Crippen molar-refractivity contribution in [2.75, 3.05) is 0 Å². The number of halogens is 1. The zero-order chi connectivity index (χ0) is 18.5. The minimum absolute atomic E-state index is 0.0458. The molecule has 0 fully saturated rings. The Labute approximate surface area is 161 Å². The second-order valence-corrected chi connectivity index (χ2v) is 7.12. The van der Waals surface area contributed by atoms with Crippen LogP contribution in [0.4, 0.5) is 0 Å².